The highest BCUT2D eigenvalue weighted by Gasteiger charge is 2.17. The Balaban J connectivity index is 3.18. The number of rotatable bonds is 3. The Kier molecular flexibility index (Phi) is 4.60. The average molecular weight is 278 g/mol. The molecular formula is C10H9Cl2NO4. The zero-order valence-electron chi connectivity index (χ0n) is 8.79. The van der Waals surface area contributed by atoms with Gasteiger partial charge in [0.1, 0.15) is 11.4 Å². The van der Waals surface area contributed by atoms with Crippen LogP contribution in [0, 0.1) is 0 Å². The summed E-state index contributed by atoms with van der Waals surface area (Å²) in [7, 11) is 1.17. The van der Waals surface area contributed by atoms with Crippen LogP contribution in [0.2, 0.25) is 5.02 Å². The third kappa shape index (κ3) is 3.25. The summed E-state index contributed by atoms with van der Waals surface area (Å²) in [6, 6.07) is 2.53. The lowest BCUT2D eigenvalue weighted by atomic mass is 10.1. The van der Waals surface area contributed by atoms with Crippen LogP contribution in [-0.2, 0) is 9.53 Å². The molecule has 0 heterocycles. The monoisotopic (exact) mass is 277 g/mol. The predicted molar refractivity (Wildman–Crippen MR) is 63.8 cm³/mol. The molecule has 1 amide bonds. The summed E-state index contributed by atoms with van der Waals surface area (Å²) in [5.41, 5.74) is -0.131. The van der Waals surface area contributed by atoms with Crippen molar-refractivity contribution in [3.8, 4) is 5.75 Å². The van der Waals surface area contributed by atoms with Crippen LogP contribution in [0.15, 0.2) is 12.1 Å². The number of aromatic hydroxyl groups is 1. The number of hydrogen-bond acceptors (Lipinski definition) is 4. The van der Waals surface area contributed by atoms with E-state index in [1.165, 1.54) is 19.2 Å². The molecule has 7 heteroatoms. The molecule has 0 aliphatic carbocycles. The van der Waals surface area contributed by atoms with Crippen LogP contribution in [0.5, 0.6) is 5.75 Å². The van der Waals surface area contributed by atoms with Gasteiger partial charge in [0.05, 0.1) is 12.8 Å². The van der Waals surface area contributed by atoms with Crippen LogP contribution < -0.4 is 5.32 Å². The Labute approximate surface area is 107 Å². The molecule has 1 rings (SSSR count). The molecule has 0 aliphatic heterocycles. The second-order valence-corrected chi connectivity index (χ2v) is 3.73. The van der Waals surface area contributed by atoms with Crippen molar-refractivity contribution in [2.45, 2.75) is 0 Å². The summed E-state index contributed by atoms with van der Waals surface area (Å²) >= 11 is 11.1. The van der Waals surface area contributed by atoms with Gasteiger partial charge in [-0.15, -0.1) is 11.6 Å². The summed E-state index contributed by atoms with van der Waals surface area (Å²) in [5, 5.41) is 12.2. The molecule has 0 bridgehead atoms. The minimum Gasteiger partial charge on any atom is -0.505 e. The summed E-state index contributed by atoms with van der Waals surface area (Å²) in [6.07, 6.45) is 0. The number of phenolic OH excluding ortho intramolecular Hbond substituents is 1. The molecule has 1 aromatic carbocycles. The van der Waals surface area contributed by atoms with Gasteiger partial charge in [0.15, 0.2) is 5.75 Å². The molecule has 5 nitrogen and oxygen atoms in total. The molecule has 92 valence electrons. The average Bonchev–Trinajstić information content (AvgIpc) is 2.32. The number of esters is 1. The van der Waals surface area contributed by atoms with E-state index < -0.39 is 17.6 Å². The number of nitrogens with one attached hydrogen (secondary N) is 1. The number of hydrogen-bond donors (Lipinski definition) is 2. The fourth-order valence-corrected chi connectivity index (χ4v) is 1.43. The highest BCUT2D eigenvalue weighted by molar-refractivity contribution is 6.32. The van der Waals surface area contributed by atoms with E-state index in [9.17, 15) is 14.7 Å². The lowest BCUT2D eigenvalue weighted by Crippen LogP contribution is -2.13. The minimum atomic E-state index is -0.758. The maximum Gasteiger partial charge on any atom is 0.341 e. The third-order valence-electron chi connectivity index (χ3n) is 1.88. The van der Waals surface area contributed by atoms with E-state index in [2.05, 4.69) is 10.1 Å². The normalized spacial score (nSPS) is 9.82. The molecule has 0 saturated carbocycles. The molecule has 0 spiro atoms. The molecule has 0 saturated heterocycles. The van der Waals surface area contributed by atoms with Crippen molar-refractivity contribution in [3.05, 3.63) is 22.7 Å². The van der Waals surface area contributed by atoms with Crippen LogP contribution in [-0.4, -0.2) is 30.0 Å². The quantitative estimate of drug-likeness (QED) is 0.504. The van der Waals surface area contributed by atoms with E-state index in [-0.39, 0.29) is 22.2 Å². The molecule has 2 N–H and O–H groups in total. The Bertz CT molecular complexity index is 462. The van der Waals surface area contributed by atoms with Gasteiger partial charge in [0.2, 0.25) is 5.91 Å². The number of ether oxygens (including phenoxy) is 1. The van der Waals surface area contributed by atoms with Crippen molar-refractivity contribution in [1.29, 1.82) is 0 Å². The molecule has 0 aliphatic rings. The Morgan fingerprint density at radius 2 is 2.12 bits per heavy atom. The number of alkyl halides is 1. The number of benzene rings is 1. The Hall–Kier alpha value is -1.46. The molecule has 0 radical (unpaired) electrons. The van der Waals surface area contributed by atoms with E-state index in [1.807, 2.05) is 0 Å². The summed E-state index contributed by atoms with van der Waals surface area (Å²) in [5.74, 6) is -1.98. The van der Waals surface area contributed by atoms with Gasteiger partial charge in [0.25, 0.3) is 0 Å². The standard InChI is InChI=1S/C10H9Cl2NO4/c1-17-10(16)6-2-5(12)3-7(9(6)15)13-8(14)4-11/h2-3,15H,4H2,1H3,(H,13,14). The van der Waals surface area contributed by atoms with Gasteiger partial charge in [-0.3, -0.25) is 4.79 Å². The molecule has 17 heavy (non-hydrogen) atoms. The zero-order chi connectivity index (χ0) is 13.0. The van der Waals surface area contributed by atoms with E-state index in [1.54, 1.807) is 0 Å². The van der Waals surface area contributed by atoms with Gasteiger partial charge in [-0.05, 0) is 12.1 Å². The lowest BCUT2D eigenvalue weighted by molar-refractivity contribution is -0.113. The maximum atomic E-state index is 11.3. The largest absolute Gasteiger partial charge is 0.505 e. The molecule has 0 atom stereocenters. The summed E-state index contributed by atoms with van der Waals surface area (Å²) in [6.45, 7) is 0. The summed E-state index contributed by atoms with van der Waals surface area (Å²) in [4.78, 5) is 22.4. The van der Waals surface area contributed by atoms with Crippen molar-refractivity contribution in [3.63, 3.8) is 0 Å². The highest BCUT2D eigenvalue weighted by atomic mass is 35.5. The van der Waals surface area contributed by atoms with Crippen LogP contribution in [0.3, 0.4) is 0 Å². The van der Waals surface area contributed by atoms with E-state index in [4.69, 9.17) is 23.2 Å². The van der Waals surface area contributed by atoms with E-state index in [0.717, 1.165) is 0 Å². The van der Waals surface area contributed by atoms with Gasteiger partial charge >= 0.3 is 5.97 Å². The first-order chi connectivity index (χ1) is 7.99. The Morgan fingerprint density at radius 3 is 2.65 bits per heavy atom. The van der Waals surface area contributed by atoms with Crippen molar-refractivity contribution in [2.24, 2.45) is 0 Å². The fraction of sp³-hybridized carbons (Fsp3) is 0.200. The first kappa shape index (κ1) is 13.6. The number of phenols is 1. The van der Waals surface area contributed by atoms with Crippen molar-refractivity contribution in [2.75, 3.05) is 18.3 Å². The topological polar surface area (TPSA) is 75.6 Å². The molecular weight excluding hydrogens is 269 g/mol. The molecule has 1 aromatic rings. The van der Waals surface area contributed by atoms with Crippen molar-refractivity contribution < 1.29 is 19.4 Å². The van der Waals surface area contributed by atoms with Crippen LogP contribution >= 0.6 is 23.2 Å². The number of carbonyl (C=O) groups excluding carboxylic acids is 2. The second kappa shape index (κ2) is 5.75. The van der Waals surface area contributed by atoms with Crippen LogP contribution in [0.4, 0.5) is 5.69 Å². The number of halogens is 2. The SMILES string of the molecule is COC(=O)c1cc(Cl)cc(NC(=O)CCl)c1O. The Morgan fingerprint density at radius 1 is 1.47 bits per heavy atom. The minimum absolute atomic E-state index is 0.00329. The van der Waals surface area contributed by atoms with Crippen molar-refractivity contribution >= 4 is 40.8 Å². The van der Waals surface area contributed by atoms with Crippen LogP contribution in [0.1, 0.15) is 10.4 Å². The van der Waals surface area contributed by atoms with Gasteiger partial charge in [-0.25, -0.2) is 4.79 Å². The van der Waals surface area contributed by atoms with Gasteiger partial charge < -0.3 is 15.2 Å². The van der Waals surface area contributed by atoms with E-state index in [0.29, 0.717) is 0 Å². The van der Waals surface area contributed by atoms with Gasteiger partial charge in [0, 0.05) is 5.02 Å². The molecule has 0 fully saturated rings. The number of amides is 1. The van der Waals surface area contributed by atoms with E-state index >= 15 is 0 Å². The lowest BCUT2D eigenvalue weighted by Gasteiger charge is -2.10. The zero-order valence-corrected chi connectivity index (χ0v) is 10.3. The molecule has 0 unspecified atom stereocenters. The number of methoxy groups -OCH3 is 1. The highest BCUT2D eigenvalue weighted by Crippen LogP contribution is 2.32. The first-order valence-electron chi connectivity index (χ1n) is 4.46. The first-order valence-corrected chi connectivity index (χ1v) is 5.37. The third-order valence-corrected chi connectivity index (χ3v) is 2.34. The van der Waals surface area contributed by atoms with Crippen molar-refractivity contribution in [1.82, 2.24) is 0 Å². The maximum absolute atomic E-state index is 11.3. The second-order valence-electron chi connectivity index (χ2n) is 3.02. The van der Waals surface area contributed by atoms with Crippen LogP contribution in [0.25, 0.3) is 0 Å². The number of anilines is 1. The number of carbonyl (C=O) groups is 2. The smallest absolute Gasteiger partial charge is 0.341 e. The fourth-order valence-electron chi connectivity index (χ4n) is 1.14. The predicted octanol–water partition coefficient (Wildman–Crippen LogP) is 2.01. The molecule has 0 aromatic heterocycles. The van der Waals surface area contributed by atoms with Gasteiger partial charge in [-0.1, -0.05) is 11.6 Å². The van der Waals surface area contributed by atoms with Gasteiger partial charge in [-0.2, -0.15) is 0 Å². The summed E-state index contributed by atoms with van der Waals surface area (Å²) < 4.78 is 4.46.